The molecule has 1 aromatic heterocycles. The summed E-state index contributed by atoms with van der Waals surface area (Å²) in [6, 6.07) is 7.09. The molecule has 0 amide bonds. The molecule has 1 heterocycles. The van der Waals surface area contributed by atoms with Gasteiger partial charge in [-0.1, -0.05) is 33.9 Å². The summed E-state index contributed by atoms with van der Waals surface area (Å²) in [5.41, 5.74) is 1.25. The number of hydrogen-bond donors (Lipinski definition) is 0. The van der Waals surface area contributed by atoms with Crippen molar-refractivity contribution in [2.75, 3.05) is 0 Å². The lowest BCUT2D eigenvalue weighted by Gasteiger charge is -2.38. The van der Waals surface area contributed by atoms with E-state index in [-0.39, 0.29) is 15.6 Å². The SMILES string of the molecule is CC(C)(C)[Si](C)(C)n1ccc2cc([N+](=O)[O-])ccc21. The highest BCUT2D eigenvalue weighted by Crippen LogP contribution is 2.39. The summed E-state index contributed by atoms with van der Waals surface area (Å²) in [5, 5.41) is 12.0. The largest absolute Gasteiger partial charge is 0.374 e. The monoisotopic (exact) mass is 276 g/mol. The van der Waals surface area contributed by atoms with Crippen LogP contribution in [0.2, 0.25) is 18.1 Å². The lowest BCUT2D eigenvalue weighted by Crippen LogP contribution is -2.44. The van der Waals surface area contributed by atoms with Crippen molar-refractivity contribution < 1.29 is 4.92 Å². The van der Waals surface area contributed by atoms with Gasteiger partial charge in [-0.05, 0) is 23.4 Å². The third kappa shape index (κ3) is 2.18. The molecule has 0 fully saturated rings. The van der Waals surface area contributed by atoms with Crippen molar-refractivity contribution in [1.82, 2.24) is 4.23 Å². The quantitative estimate of drug-likeness (QED) is 0.463. The molecule has 5 heteroatoms. The van der Waals surface area contributed by atoms with E-state index in [1.54, 1.807) is 12.1 Å². The summed E-state index contributed by atoms with van der Waals surface area (Å²) in [6.07, 6.45) is 2.08. The molecule has 0 aliphatic carbocycles. The number of non-ortho nitro benzene ring substituents is 1. The van der Waals surface area contributed by atoms with Gasteiger partial charge in [-0.25, -0.2) is 0 Å². The van der Waals surface area contributed by atoms with E-state index in [2.05, 4.69) is 44.3 Å². The van der Waals surface area contributed by atoms with Crippen LogP contribution in [0.5, 0.6) is 0 Å². The number of nitro benzene ring substituents is 1. The summed E-state index contributed by atoms with van der Waals surface area (Å²) in [5.74, 6) is 0. The molecule has 102 valence electrons. The molecule has 0 unspecified atom stereocenters. The highest BCUT2D eigenvalue weighted by atomic mass is 28.3. The Morgan fingerprint density at radius 2 is 1.84 bits per heavy atom. The number of benzene rings is 1. The highest BCUT2D eigenvalue weighted by molar-refractivity contribution is 6.79. The lowest BCUT2D eigenvalue weighted by atomic mass is 10.2. The molecule has 0 saturated heterocycles. The van der Waals surface area contributed by atoms with E-state index in [1.165, 1.54) is 0 Å². The Labute approximate surface area is 114 Å². The third-order valence-electron chi connectivity index (χ3n) is 4.32. The smallest absolute Gasteiger partial charge is 0.270 e. The number of nitro groups is 1. The van der Waals surface area contributed by atoms with Gasteiger partial charge in [0.25, 0.3) is 5.69 Å². The molecule has 2 rings (SSSR count). The molecule has 0 aliphatic rings. The van der Waals surface area contributed by atoms with Crippen molar-refractivity contribution in [3.05, 3.63) is 40.6 Å². The van der Waals surface area contributed by atoms with Gasteiger partial charge in [0.1, 0.15) is 0 Å². The second kappa shape index (κ2) is 4.20. The first-order chi connectivity index (χ1) is 8.64. The van der Waals surface area contributed by atoms with Crippen LogP contribution in [0.4, 0.5) is 5.69 Å². The van der Waals surface area contributed by atoms with Crippen LogP contribution in [0.3, 0.4) is 0 Å². The predicted molar refractivity (Wildman–Crippen MR) is 81.2 cm³/mol. The second-order valence-corrected chi connectivity index (χ2v) is 11.6. The molecule has 0 radical (unpaired) electrons. The van der Waals surface area contributed by atoms with E-state index < -0.39 is 8.24 Å². The van der Waals surface area contributed by atoms with Crippen molar-refractivity contribution in [1.29, 1.82) is 0 Å². The normalized spacial score (nSPS) is 12.9. The van der Waals surface area contributed by atoms with Crippen LogP contribution in [0.25, 0.3) is 10.9 Å². The average Bonchev–Trinajstić information content (AvgIpc) is 2.70. The van der Waals surface area contributed by atoms with Crippen LogP contribution < -0.4 is 0 Å². The van der Waals surface area contributed by atoms with Gasteiger partial charge in [0.15, 0.2) is 8.24 Å². The number of nitrogens with zero attached hydrogens (tertiary/aromatic N) is 2. The first kappa shape index (κ1) is 13.8. The van der Waals surface area contributed by atoms with Crippen molar-refractivity contribution in [2.24, 2.45) is 0 Å². The van der Waals surface area contributed by atoms with Gasteiger partial charge in [-0.3, -0.25) is 10.1 Å². The van der Waals surface area contributed by atoms with Crippen molar-refractivity contribution in [2.45, 2.75) is 38.9 Å². The Morgan fingerprint density at radius 3 is 2.37 bits per heavy atom. The van der Waals surface area contributed by atoms with E-state index in [9.17, 15) is 10.1 Å². The Kier molecular flexibility index (Phi) is 3.05. The van der Waals surface area contributed by atoms with Crippen LogP contribution >= 0.6 is 0 Å². The number of hydrogen-bond acceptors (Lipinski definition) is 2. The number of rotatable bonds is 2. The van der Waals surface area contributed by atoms with Crippen LogP contribution in [-0.2, 0) is 0 Å². The van der Waals surface area contributed by atoms with Gasteiger partial charge in [0.05, 0.1) is 4.92 Å². The summed E-state index contributed by atoms with van der Waals surface area (Å²) in [4.78, 5) is 10.5. The predicted octanol–water partition coefficient (Wildman–Crippen LogP) is 4.40. The zero-order valence-electron chi connectivity index (χ0n) is 12.1. The van der Waals surface area contributed by atoms with E-state index in [4.69, 9.17) is 0 Å². The number of aromatic nitrogens is 1. The van der Waals surface area contributed by atoms with Gasteiger partial charge >= 0.3 is 0 Å². The first-order valence-electron chi connectivity index (χ1n) is 6.40. The van der Waals surface area contributed by atoms with Crippen molar-refractivity contribution >= 4 is 24.8 Å². The van der Waals surface area contributed by atoms with Crippen LogP contribution in [0.1, 0.15) is 20.8 Å². The van der Waals surface area contributed by atoms with Crippen molar-refractivity contribution in [3.8, 4) is 0 Å². The zero-order chi connectivity index (χ0) is 14.4. The zero-order valence-corrected chi connectivity index (χ0v) is 13.1. The van der Waals surface area contributed by atoms with Crippen LogP contribution in [-0.4, -0.2) is 17.4 Å². The topological polar surface area (TPSA) is 48.1 Å². The second-order valence-electron chi connectivity index (χ2n) is 6.49. The van der Waals surface area contributed by atoms with Gasteiger partial charge in [0, 0.05) is 23.0 Å². The molecule has 0 N–H and O–H groups in total. The van der Waals surface area contributed by atoms with Gasteiger partial charge < -0.3 is 4.23 Å². The minimum absolute atomic E-state index is 0.153. The fraction of sp³-hybridized carbons (Fsp3) is 0.429. The molecule has 19 heavy (non-hydrogen) atoms. The molecular weight excluding hydrogens is 256 g/mol. The maximum absolute atomic E-state index is 10.8. The maximum Gasteiger partial charge on any atom is 0.270 e. The highest BCUT2D eigenvalue weighted by Gasteiger charge is 2.38. The summed E-state index contributed by atoms with van der Waals surface area (Å²) >= 11 is 0. The van der Waals surface area contributed by atoms with E-state index in [0.29, 0.717) is 0 Å². The van der Waals surface area contributed by atoms with Gasteiger partial charge in [0.2, 0.25) is 0 Å². The molecule has 4 nitrogen and oxygen atoms in total. The van der Waals surface area contributed by atoms with E-state index in [0.717, 1.165) is 10.9 Å². The Hall–Kier alpha value is -1.62. The van der Waals surface area contributed by atoms with Gasteiger partial charge in [-0.2, -0.15) is 0 Å². The molecule has 2 aromatic rings. The molecule has 0 bridgehead atoms. The van der Waals surface area contributed by atoms with Gasteiger partial charge in [-0.15, -0.1) is 0 Å². The summed E-state index contributed by atoms with van der Waals surface area (Å²) < 4.78 is 2.34. The third-order valence-corrected chi connectivity index (χ3v) is 9.59. The molecule has 0 aliphatic heterocycles. The Morgan fingerprint density at radius 1 is 1.21 bits per heavy atom. The van der Waals surface area contributed by atoms with Crippen molar-refractivity contribution in [3.63, 3.8) is 0 Å². The molecule has 0 atom stereocenters. The molecule has 0 saturated carbocycles. The van der Waals surface area contributed by atoms with Crippen LogP contribution in [0, 0.1) is 10.1 Å². The molecular formula is C14H20N2O2Si. The lowest BCUT2D eigenvalue weighted by molar-refractivity contribution is -0.384. The maximum atomic E-state index is 10.8. The number of fused-ring (bicyclic) bond motifs is 1. The average molecular weight is 276 g/mol. The fourth-order valence-electron chi connectivity index (χ4n) is 2.09. The standard InChI is InChI=1S/C14H20N2O2Si/c1-14(2,3)19(4,5)15-9-8-11-10-12(16(17)18)6-7-13(11)15/h6-10H,1-5H3. The van der Waals surface area contributed by atoms with Crippen LogP contribution in [0.15, 0.2) is 30.5 Å². The molecule has 0 spiro atoms. The summed E-state index contributed by atoms with van der Waals surface area (Å²) in [6.45, 7) is 11.4. The molecule has 1 aromatic carbocycles. The minimum Gasteiger partial charge on any atom is -0.374 e. The van der Waals surface area contributed by atoms with E-state index >= 15 is 0 Å². The first-order valence-corrected chi connectivity index (χ1v) is 9.35. The Bertz CT molecular complexity index is 638. The van der Waals surface area contributed by atoms with E-state index in [1.807, 2.05) is 12.1 Å². The minimum atomic E-state index is -1.69. The Balaban J connectivity index is 2.62. The fourth-order valence-corrected chi connectivity index (χ4v) is 4.07. The summed E-state index contributed by atoms with van der Waals surface area (Å²) in [7, 11) is -1.69.